The molecule has 146 valence electrons. The number of carbonyl (C=O) groups is 1. The molecule has 0 radical (unpaired) electrons. The van der Waals surface area contributed by atoms with E-state index in [1.165, 1.54) is 5.56 Å². The zero-order valence-electron chi connectivity index (χ0n) is 15.6. The number of likely N-dealkylation sites (tertiary alicyclic amines) is 1. The Kier molecular flexibility index (Phi) is 8.79. The van der Waals surface area contributed by atoms with Gasteiger partial charge in [0, 0.05) is 25.6 Å². The molecule has 1 atom stereocenters. The smallest absolute Gasteiger partial charge is 0.224 e. The third-order valence-electron chi connectivity index (χ3n) is 5.00. The fourth-order valence-corrected chi connectivity index (χ4v) is 3.40. The van der Waals surface area contributed by atoms with E-state index in [1.807, 2.05) is 41.3 Å². The fourth-order valence-electron chi connectivity index (χ4n) is 3.40. The zero-order chi connectivity index (χ0) is 18.2. The molecule has 0 spiro atoms. The predicted octanol–water partition coefficient (Wildman–Crippen LogP) is 3.75. The van der Waals surface area contributed by atoms with Crippen LogP contribution in [0.15, 0.2) is 60.7 Å². The molecule has 3 rings (SSSR count). The average Bonchev–Trinajstić information content (AvgIpc) is 2.70. The molecule has 1 aliphatic rings. The highest BCUT2D eigenvalue weighted by atomic mass is 35.5. The normalized spacial score (nSPS) is 15.8. The molecule has 0 bridgehead atoms. The summed E-state index contributed by atoms with van der Waals surface area (Å²) in [5, 5.41) is 0. The Bertz CT molecular complexity index is 673. The highest BCUT2D eigenvalue weighted by Crippen LogP contribution is 2.19. The predicted molar refractivity (Wildman–Crippen MR) is 111 cm³/mol. The van der Waals surface area contributed by atoms with Gasteiger partial charge in [-0.15, -0.1) is 12.4 Å². The highest BCUT2D eigenvalue weighted by Gasteiger charge is 2.24. The van der Waals surface area contributed by atoms with Gasteiger partial charge in [-0.1, -0.05) is 60.7 Å². The molecular weight excluding hydrogens is 360 g/mol. The lowest BCUT2D eigenvalue weighted by Crippen LogP contribution is -2.42. The molecule has 1 amide bonds. The average molecular weight is 389 g/mol. The molecule has 1 unspecified atom stereocenters. The molecule has 2 N–H and O–H groups in total. The lowest BCUT2D eigenvalue weighted by atomic mass is 10.0. The Labute approximate surface area is 168 Å². The summed E-state index contributed by atoms with van der Waals surface area (Å²) in [6.45, 7) is 2.26. The summed E-state index contributed by atoms with van der Waals surface area (Å²) >= 11 is 0. The molecule has 0 aliphatic carbocycles. The Morgan fingerprint density at radius 2 is 1.63 bits per heavy atom. The number of ether oxygens (including phenoxy) is 1. The molecule has 1 saturated heterocycles. The second kappa shape index (κ2) is 11.1. The lowest BCUT2D eigenvalue weighted by Gasteiger charge is -2.32. The van der Waals surface area contributed by atoms with Crippen molar-refractivity contribution in [2.45, 2.75) is 37.8 Å². The molecule has 1 aliphatic heterocycles. The van der Waals surface area contributed by atoms with Crippen molar-refractivity contribution in [3.8, 4) is 0 Å². The third kappa shape index (κ3) is 6.65. The van der Waals surface area contributed by atoms with Gasteiger partial charge >= 0.3 is 0 Å². The summed E-state index contributed by atoms with van der Waals surface area (Å²) in [6.07, 6.45) is 3.36. The van der Waals surface area contributed by atoms with Gasteiger partial charge in [-0.05, 0) is 30.4 Å². The lowest BCUT2D eigenvalue weighted by molar-refractivity contribution is -0.134. The SMILES string of the molecule is Cl.NC(CC(=O)N1CCC(OCCc2ccccc2)CC1)c1ccccc1. The van der Waals surface area contributed by atoms with E-state index in [9.17, 15) is 4.79 Å². The van der Waals surface area contributed by atoms with Crippen LogP contribution in [0.2, 0.25) is 0 Å². The summed E-state index contributed by atoms with van der Waals surface area (Å²) in [5.41, 5.74) is 8.49. The highest BCUT2D eigenvalue weighted by molar-refractivity contribution is 5.85. The van der Waals surface area contributed by atoms with Crippen LogP contribution in [0.1, 0.15) is 36.4 Å². The summed E-state index contributed by atoms with van der Waals surface area (Å²) in [6, 6.07) is 20.0. The summed E-state index contributed by atoms with van der Waals surface area (Å²) in [7, 11) is 0. The van der Waals surface area contributed by atoms with E-state index in [-0.39, 0.29) is 30.5 Å². The summed E-state index contributed by atoms with van der Waals surface area (Å²) in [4.78, 5) is 14.4. The number of carbonyl (C=O) groups excluding carboxylic acids is 1. The quantitative estimate of drug-likeness (QED) is 0.785. The number of hydrogen-bond acceptors (Lipinski definition) is 3. The van der Waals surface area contributed by atoms with Crippen LogP contribution in [0.4, 0.5) is 0 Å². The van der Waals surface area contributed by atoms with Gasteiger partial charge in [-0.3, -0.25) is 4.79 Å². The van der Waals surface area contributed by atoms with Crippen molar-refractivity contribution in [1.82, 2.24) is 4.90 Å². The Morgan fingerprint density at radius 1 is 1.04 bits per heavy atom. The molecule has 4 nitrogen and oxygen atoms in total. The molecule has 0 aromatic heterocycles. The van der Waals surface area contributed by atoms with Gasteiger partial charge in [0.15, 0.2) is 0 Å². The Hall–Kier alpha value is -1.88. The minimum Gasteiger partial charge on any atom is -0.378 e. The number of piperidine rings is 1. The van der Waals surface area contributed by atoms with Crippen molar-refractivity contribution in [1.29, 1.82) is 0 Å². The van der Waals surface area contributed by atoms with Gasteiger partial charge < -0.3 is 15.4 Å². The van der Waals surface area contributed by atoms with Gasteiger partial charge in [-0.25, -0.2) is 0 Å². The maximum atomic E-state index is 12.5. The topological polar surface area (TPSA) is 55.6 Å². The minimum atomic E-state index is -0.233. The van der Waals surface area contributed by atoms with E-state index in [1.54, 1.807) is 0 Å². The maximum Gasteiger partial charge on any atom is 0.224 e. The molecule has 2 aromatic carbocycles. The van der Waals surface area contributed by atoms with Crippen LogP contribution >= 0.6 is 12.4 Å². The number of rotatable bonds is 7. The van der Waals surface area contributed by atoms with Crippen LogP contribution in [0.5, 0.6) is 0 Å². The number of halogens is 1. The van der Waals surface area contributed by atoms with Gasteiger partial charge in [0.05, 0.1) is 12.7 Å². The largest absolute Gasteiger partial charge is 0.378 e. The zero-order valence-corrected chi connectivity index (χ0v) is 16.4. The number of amides is 1. The van der Waals surface area contributed by atoms with Gasteiger partial charge in [0.2, 0.25) is 5.91 Å². The van der Waals surface area contributed by atoms with Crippen molar-refractivity contribution in [2.24, 2.45) is 5.73 Å². The van der Waals surface area contributed by atoms with Gasteiger partial charge in [0.1, 0.15) is 0 Å². The second-order valence-corrected chi connectivity index (χ2v) is 6.91. The summed E-state index contributed by atoms with van der Waals surface area (Å²) < 4.78 is 6.00. The van der Waals surface area contributed by atoms with Crippen LogP contribution < -0.4 is 5.73 Å². The first kappa shape index (κ1) is 21.4. The van der Waals surface area contributed by atoms with Crippen LogP contribution in [0.25, 0.3) is 0 Å². The van der Waals surface area contributed by atoms with Crippen molar-refractivity contribution < 1.29 is 9.53 Å². The van der Waals surface area contributed by atoms with Crippen LogP contribution in [0.3, 0.4) is 0 Å². The van der Waals surface area contributed by atoms with E-state index in [2.05, 4.69) is 24.3 Å². The summed E-state index contributed by atoms with van der Waals surface area (Å²) in [5.74, 6) is 0.143. The Balaban J connectivity index is 0.00000261. The number of nitrogens with two attached hydrogens (primary N) is 1. The van der Waals surface area contributed by atoms with Crippen molar-refractivity contribution in [2.75, 3.05) is 19.7 Å². The van der Waals surface area contributed by atoms with Crippen LogP contribution in [0, 0.1) is 0 Å². The number of nitrogens with zero attached hydrogens (tertiary/aromatic N) is 1. The molecular formula is C22H29ClN2O2. The molecule has 5 heteroatoms. The molecule has 1 heterocycles. The second-order valence-electron chi connectivity index (χ2n) is 6.91. The first-order valence-corrected chi connectivity index (χ1v) is 9.46. The first-order valence-electron chi connectivity index (χ1n) is 9.46. The van der Waals surface area contributed by atoms with E-state index in [4.69, 9.17) is 10.5 Å². The van der Waals surface area contributed by atoms with E-state index in [0.29, 0.717) is 6.42 Å². The standard InChI is InChI=1S/C22H28N2O2.ClH/c23-21(19-9-5-2-6-10-19)17-22(25)24-14-11-20(12-15-24)26-16-13-18-7-3-1-4-8-18;/h1-10,20-21H,11-17,23H2;1H. The van der Waals surface area contributed by atoms with Crippen LogP contribution in [-0.2, 0) is 16.0 Å². The third-order valence-corrected chi connectivity index (χ3v) is 5.00. The van der Waals surface area contributed by atoms with Crippen molar-refractivity contribution >= 4 is 18.3 Å². The maximum absolute atomic E-state index is 12.5. The molecule has 1 fully saturated rings. The fraction of sp³-hybridized carbons (Fsp3) is 0.409. The van der Waals surface area contributed by atoms with E-state index < -0.39 is 0 Å². The number of hydrogen-bond donors (Lipinski definition) is 1. The minimum absolute atomic E-state index is 0. The molecule has 0 saturated carbocycles. The van der Waals surface area contributed by atoms with Crippen molar-refractivity contribution in [3.63, 3.8) is 0 Å². The van der Waals surface area contributed by atoms with E-state index in [0.717, 1.165) is 44.5 Å². The number of benzene rings is 2. The van der Waals surface area contributed by atoms with E-state index >= 15 is 0 Å². The molecule has 27 heavy (non-hydrogen) atoms. The van der Waals surface area contributed by atoms with Crippen molar-refractivity contribution in [3.05, 3.63) is 71.8 Å². The van der Waals surface area contributed by atoms with Gasteiger partial charge in [-0.2, -0.15) is 0 Å². The molecule has 2 aromatic rings. The van der Waals surface area contributed by atoms with Crippen LogP contribution in [-0.4, -0.2) is 36.6 Å². The van der Waals surface area contributed by atoms with Gasteiger partial charge in [0.25, 0.3) is 0 Å². The first-order chi connectivity index (χ1) is 12.7. The monoisotopic (exact) mass is 388 g/mol. The Morgan fingerprint density at radius 3 is 2.26 bits per heavy atom.